The van der Waals surface area contributed by atoms with E-state index in [0.29, 0.717) is 24.2 Å². The topological polar surface area (TPSA) is 48.0 Å². The summed E-state index contributed by atoms with van der Waals surface area (Å²) in [5, 5.41) is 0. The Bertz CT molecular complexity index is 1330. The van der Waals surface area contributed by atoms with Crippen LogP contribution >= 0.6 is 0 Å². The Morgan fingerprint density at radius 2 is 1.63 bits per heavy atom. The fourth-order valence-corrected chi connectivity index (χ4v) is 5.41. The van der Waals surface area contributed by atoms with Crippen molar-refractivity contribution in [3.63, 3.8) is 0 Å². The van der Waals surface area contributed by atoms with Crippen molar-refractivity contribution in [2.45, 2.75) is 32.1 Å². The van der Waals surface area contributed by atoms with Crippen molar-refractivity contribution in [2.75, 3.05) is 40.5 Å². The first-order valence-corrected chi connectivity index (χ1v) is 13.3. The Labute approximate surface area is 223 Å². The minimum Gasteiger partial charge on any atom is -0.497 e. The minimum atomic E-state index is -0.429. The third-order valence-corrected chi connectivity index (χ3v) is 7.50. The number of piperidine rings is 1. The van der Waals surface area contributed by atoms with Crippen LogP contribution in [0.3, 0.4) is 0 Å². The van der Waals surface area contributed by atoms with Crippen LogP contribution in [-0.2, 0) is 6.42 Å². The number of likely N-dealkylation sites (tertiary alicyclic amines) is 1. The van der Waals surface area contributed by atoms with Gasteiger partial charge in [-0.2, -0.15) is 0 Å². The highest BCUT2D eigenvalue weighted by Crippen LogP contribution is 2.41. The van der Waals surface area contributed by atoms with Gasteiger partial charge in [-0.1, -0.05) is 18.6 Å². The number of methoxy groups -OCH3 is 2. The molecule has 0 spiro atoms. The van der Waals surface area contributed by atoms with E-state index in [1.807, 2.05) is 42.5 Å². The molecule has 5 rings (SSSR count). The van der Waals surface area contributed by atoms with Gasteiger partial charge in [0.05, 0.1) is 14.2 Å². The number of hydrogen-bond donors (Lipinski definition) is 0. The molecule has 3 aromatic rings. The van der Waals surface area contributed by atoms with E-state index in [1.165, 1.54) is 32.4 Å². The molecular weight excluding hydrogens is 481 g/mol. The number of fused-ring (bicyclic) bond motifs is 1. The van der Waals surface area contributed by atoms with Gasteiger partial charge in [-0.15, -0.1) is 0 Å². The number of halogens is 1. The number of carbonyl (C=O) groups excluding carboxylic acids is 1. The van der Waals surface area contributed by atoms with Gasteiger partial charge in [-0.3, -0.25) is 9.69 Å². The van der Waals surface area contributed by atoms with Crippen molar-refractivity contribution in [3.8, 4) is 17.2 Å². The second-order valence-corrected chi connectivity index (χ2v) is 9.83. The average molecular weight is 516 g/mol. The molecule has 0 amide bonds. The molecular formula is C32H34FNO4. The highest BCUT2D eigenvalue weighted by molar-refractivity contribution is 6.35. The van der Waals surface area contributed by atoms with E-state index in [2.05, 4.69) is 4.90 Å². The summed E-state index contributed by atoms with van der Waals surface area (Å²) < 4.78 is 30.8. The van der Waals surface area contributed by atoms with Crippen LogP contribution < -0.4 is 14.2 Å². The molecule has 6 heteroatoms. The number of benzene rings is 3. The Kier molecular flexibility index (Phi) is 8.08. The van der Waals surface area contributed by atoms with Crippen LogP contribution in [0, 0.1) is 5.82 Å². The second kappa shape index (κ2) is 11.8. The van der Waals surface area contributed by atoms with Crippen molar-refractivity contribution in [3.05, 3.63) is 88.7 Å². The monoisotopic (exact) mass is 515 g/mol. The molecule has 0 bridgehead atoms. The summed E-state index contributed by atoms with van der Waals surface area (Å²) in [6.45, 7) is 3.82. The summed E-state index contributed by atoms with van der Waals surface area (Å²) >= 11 is 0. The van der Waals surface area contributed by atoms with Crippen molar-refractivity contribution >= 4 is 16.9 Å². The summed E-state index contributed by atoms with van der Waals surface area (Å²) in [7, 11) is 3.08. The molecule has 1 fully saturated rings. The number of ketones is 1. The molecule has 5 nitrogen and oxygen atoms in total. The van der Waals surface area contributed by atoms with E-state index in [0.717, 1.165) is 59.8 Å². The lowest BCUT2D eigenvalue weighted by atomic mass is 9.79. The maximum absolute atomic E-state index is 14.2. The SMILES string of the molecule is COc1ccc2c(c1)CCC(c1ccc(F)c(OC)c1)=C2C(=O)c1ccc(OCCN2CCCCC2)cc1. The Morgan fingerprint density at radius 3 is 2.37 bits per heavy atom. The maximum Gasteiger partial charge on any atom is 0.193 e. The van der Waals surface area contributed by atoms with Gasteiger partial charge in [0, 0.05) is 17.7 Å². The molecule has 0 N–H and O–H groups in total. The number of Topliss-reactive ketones (excluding diaryl/α,β-unsaturated/α-hetero) is 1. The highest BCUT2D eigenvalue weighted by atomic mass is 19.1. The van der Waals surface area contributed by atoms with Crippen molar-refractivity contribution < 1.29 is 23.4 Å². The standard InChI is InChI=1S/C32H34FNO4/c1-36-26-12-14-28-23(20-26)8-13-27(24-9-15-29(33)30(21-24)37-2)31(28)32(35)22-6-10-25(11-7-22)38-19-18-34-16-4-3-5-17-34/h6-7,9-12,14-15,20-21H,3-5,8,13,16-19H2,1-2H3. The fraction of sp³-hybridized carbons (Fsp3) is 0.344. The fourth-order valence-electron chi connectivity index (χ4n) is 5.41. The summed E-state index contributed by atoms with van der Waals surface area (Å²) in [4.78, 5) is 16.5. The molecule has 0 unspecified atom stereocenters. The molecule has 1 aliphatic carbocycles. The quantitative estimate of drug-likeness (QED) is 0.307. The number of aryl methyl sites for hydroxylation is 1. The smallest absolute Gasteiger partial charge is 0.193 e. The molecule has 0 saturated carbocycles. The zero-order chi connectivity index (χ0) is 26.5. The Hall–Kier alpha value is -3.64. The van der Waals surface area contributed by atoms with E-state index in [1.54, 1.807) is 19.2 Å². The first-order chi connectivity index (χ1) is 18.6. The molecule has 0 radical (unpaired) electrons. The van der Waals surface area contributed by atoms with Gasteiger partial charge in [-0.05, 0) is 110 Å². The summed E-state index contributed by atoms with van der Waals surface area (Å²) in [5.41, 5.74) is 4.81. The van der Waals surface area contributed by atoms with E-state index in [4.69, 9.17) is 14.2 Å². The van der Waals surface area contributed by atoms with Gasteiger partial charge in [0.1, 0.15) is 18.1 Å². The first-order valence-electron chi connectivity index (χ1n) is 13.3. The number of rotatable bonds is 9. The van der Waals surface area contributed by atoms with Crippen LogP contribution in [0.1, 0.15) is 52.7 Å². The number of hydrogen-bond acceptors (Lipinski definition) is 5. The van der Waals surface area contributed by atoms with E-state index >= 15 is 0 Å². The first kappa shape index (κ1) is 26.0. The number of ether oxygens (including phenoxy) is 3. The number of nitrogens with zero attached hydrogens (tertiary/aromatic N) is 1. The summed E-state index contributed by atoms with van der Waals surface area (Å²) in [6, 6.07) is 18.0. The number of allylic oxidation sites excluding steroid dienone is 2. The lowest BCUT2D eigenvalue weighted by Gasteiger charge is -2.26. The number of carbonyl (C=O) groups is 1. The Balaban J connectivity index is 1.43. The molecule has 1 heterocycles. The van der Waals surface area contributed by atoms with Crippen LogP contribution in [0.4, 0.5) is 4.39 Å². The molecule has 38 heavy (non-hydrogen) atoms. The Morgan fingerprint density at radius 1 is 0.868 bits per heavy atom. The van der Waals surface area contributed by atoms with Crippen LogP contribution in [0.5, 0.6) is 17.2 Å². The minimum absolute atomic E-state index is 0.0747. The average Bonchev–Trinajstić information content (AvgIpc) is 2.97. The molecule has 3 aromatic carbocycles. The summed E-state index contributed by atoms with van der Waals surface area (Å²) in [5.74, 6) is 1.17. The molecule has 1 aliphatic heterocycles. The molecule has 2 aliphatic rings. The van der Waals surface area contributed by atoms with Crippen LogP contribution in [0.25, 0.3) is 11.1 Å². The predicted molar refractivity (Wildman–Crippen MR) is 148 cm³/mol. The molecule has 198 valence electrons. The van der Waals surface area contributed by atoms with Crippen molar-refractivity contribution in [1.29, 1.82) is 0 Å². The highest BCUT2D eigenvalue weighted by Gasteiger charge is 2.27. The lowest BCUT2D eigenvalue weighted by Crippen LogP contribution is -2.33. The van der Waals surface area contributed by atoms with Gasteiger partial charge in [0.2, 0.25) is 0 Å². The zero-order valence-corrected chi connectivity index (χ0v) is 22.1. The summed E-state index contributed by atoms with van der Waals surface area (Å²) in [6.07, 6.45) is 5.23. The third-order valence-electron chi connectivity index (χ3n) is 7.50. The van der Waals surface area contributed by atoms with Gasteiger partial charge < -0.3 is 14.2 Å². The predicted octanol–water partition coefficient (Wildman–Crippen LogP) is 6.45. The van der Waals surface area contributed by atoms with Gasteiger partial charge in [0.15, 0.2) is 17.3 Å². The van der Waals surface area contributed by atoms with Gasteiger partial charge in [0.25, 0.3) is 0 Å². The lowest BCUT2D eigenvalue weighted by molar-refractivity contribution is 0.105. The van der Waals surface area contributed by atoms with Gasteiger partial charge >= 0.3 is 0 Å². The zero-order valence-electron chi connectivity index (χ0n) is 22.1. The van der Waals surface area contributed by atoms with E-state index in [-0.39, 0.29) is 11.5 Å². The van der Waals surface area contributed by atoms with Crippen LogP contribution in [0.15, 0.2) is 60.7 Å². The van der Waals surface area contributed by atoms with Gasteiger partial charge in [-0.25, -0.2) is 4.39 Å². The van der Waals surface area contributed by atoms with E-state index in [9.17, 15) is 9.18 Å². The van der Waals surface area contributed by atoms with Crippen LogP contribution in [0.2, 0.25) is 0 Å². The molecule has 0 atom stereocenters. The van der Waals surface area contributed by atoms with Crippen LogP contribution in [-0.4, -0.2) is 51.1 Å². The van der Waals surface area contributed by atoms with Crippen molar-refractivity contribution in [2.24, 2.45) is 0 Å². The molecule has 0 aromatic heterocycles. The van der Waals surface area contributed by atoms with Crippen molar-refractivity contribution in [1.82, 2.24) is 4.90 Å². The second-order valence-electron chi connectivity index (χ2n) is 9.83. The third kappa shape index (κ3) is 5.60. The largest absolute Gasteiger partial charge is 0.497 e. The molecule has 1 saturated heterocycles. The normalized spacial score (nSPS) is 15.7. The maximum atomic E-state index is 14.2. The van der Waals surface area contributed by atoms with E-state index < -0.39 is 5.82 Å².